The van der Waals surface area contributed by atoms with Crippen molar-refractivity contribution in [3.8, 4) is 0 Å². The smallest absolute Gasteiger partial charge is 0.333 e. The van der Waals surface area contributed by atoms with Gasteiger partial charge in [-0.25, -0.2) is 9.59 Å². The molecule has 0 spiro atoms. The number of ether oxygens (including phenoxy) is 1. The number of carboxylic acid groups (broad SMARTS) is 1. The van der Waals surface area contributed by atoms with Crippen molar-refractivity contribution in [3.05, 3.63) is 23.8 Å². The number of carbonyl (C=O) groups is 2. The molecule has 6 heteroatoms. The second kappa shape index (κ2) is 14.3. The number of aliphatic hydroxyl groups excluding tert-OH is 2. The summed E-state index contributed by atoms with van der Waals surface area (Å²) in [5.74, 6) is -1.34. The summed E-state index contributed by atoms with van der Waals surface area (Å²) >= 11 is 0. The number of unbranched alkanes of at least 4 members (excludes halogenated alkanes) is 2. The topological polar surface area (TPSA) is 104 Å². The second-order valence-electron chi connectivity index (χ2n) is 4.76. The highest BCUT2D eigenvalue weighted by atomic mass is 16.5. The quantitative estimate of drug-likeness (QED) is 0.342. The Morgan fingerprint density at radius 3 is 2.23 bits per heavy atom. The van der Waals surface area contributed by atoms with Crippen molar-refractivity contribution in [2.45, 2.75) is 52.1 Å². The summed E-state index contributed by atoms with van der Waals surface area (Å²) in [5, 5.41) is 25.9. The van der Waals surface area contributed by atoms with Crippen molar-refractivity contribution in [1.29, 1.82) is 0 Å². The Morgan fingerprint density at radius 1 is 1.32 bits per heavy atom. The van der Waals surface area contributed by atoms with E-state index < -0.39 is 12.1 Å². The lowest BCUT2D eigenvalue weighted by Crippen LogP contribution is -2.15. The van der Waals surface area contributed by atoms with Crippen LogP contribution in [0.1, 0.15) is 46.0 Å². The molecule has 0 aliphatic heterocycles. The van der Waals surface area contributed by atoms with Crippen LogP contribution in [0.2, 0.25) is 0 Å². The number of carbonyl (C=O) groups excluding carboxylic acids is 1. The molecule has 0 radical (unpaired) electrons. The van der Waals surface area contributed by atoms with E-state index in [0.717, 1.165) is 37.3 Å². The number of aliphatic hydroxyl groups is 2. The fraction of sp³-hybridized carbons (Fsp3) is 0.625. The lowest BCUT2D eigenvalue weighted by Gasteiger charge is -2.14. The zero-order valence-corrected chi connectivity index (χ0v) is 13.7. The predicted molar refractivity (Wildman–Crippen MR) is 84.4 cm³/mol. The Kier molecular flexibility index (Phi) is 14.7. The SMILES string of the molecule is C=CC(=O)O.CCCCCC(CC(O)CO)=C(C)C(=O)OC. The van der Waals surface area contributed by atoms with Gasteiger partial charge in [-0.05, 0) is 26.2 Å². The Hall–Kier alpha value is -1.66. The van der Waals surface area contributed by atoms with Crippen LogP contribution < -0.4 is 0 Å². The molecular weight excluding hydrogens is 288 g/mol. The van der Waals surface area contributed by atoms with Gasteiger partial charge in [0.25, 0.3) is 0 Å². The Morgan fingerprint density at radius 2 is 1.86 bits per heavy atom. The van der Waals surface area contributed by atoms with Crippen LogP contribution in [0.15, 0.2) is 23.8 Å². The van der Waals surface area contributed by atoms with E-state index in [4.69, 9.17) is 10.2 Å². The van der Waals surface area contributed by atoms with E-state index in [2.05, 4.69) is 18.2 Å². The molecule has 0 aromatic heterocycles. The minimum absolute atomic E-state index is 0.286. The lowest BCUT2D eigenvalue weighted by atomic mass is 9.97. The highest BCUT2D eigenvalue weighted by Crippen LogP contribution is 2.19. The van der Waals surface area contributed by atoms with E-state index in [9.17, 15) is 14.7 Å². The van der Waals surface area contributed by atoms with E-state index in [1.54, 1.807) is 6.92 Å². The molecule has 0 heterocycles. The molecule has 0 saturated carbocycles. The maximum Gasteiger partial charge on any atom is 0.333 e. The maximum absolute atomic E-state index is 11.4. The van der Waals surface area contributed by atoms with Crippen LogP contribution in [0.25, 0.3) is 0 Å². The number of esters is 1. The Labute approximate surface area is 132 Å². The van der Waals surface area contributed by atoms with Gasteiger partial charge in [-0.3, -0.25) is 0 Å². The summed E-state index contributed by atoms with van der Waals surface area (Å²) in [4.78, 5) is 20.7. The van der Waals surface area contributed by atoms with E-state index in [1.165, 1.54) is 7.11 Å². The van der Waals surface area contributed by atoms with Crippen LogP contribution in [0.3, 0.4) is 0 Å². The van der Waals surface area contributed by atoms with Crippen molar-refractivity contribution < 1.29 is 29.6 Å². The summed E-state index contributed by atoms with van der Waals surface area (Å²) in [6.45, 7) is 6.49. The van der Waals surface area contributed by atoms with Crippen molar-refractivity contribution in [3.63, 3.8) is 0 Å². The van der Waals surface area contributed by atoms with Gasteiger partial charge < -0.3 is 20.1 Å². The minimum Gasteiger partial charge on any atom is -0.478 e. The fourth-order valence-corrected chi connectivity index (χ4v) is 1.68. The molecule has 0 saturated heterocycles. The minimum atomic E-state index is -0.981. The highest BCUT2D eigenvalue weighted by Gasteiger charge is 2.14. The van der Waals surface area contributed by atoms with E-state index >= 15 is 0 Å². The molecular formula is C16H28O6. The summed E-state index contributed by atoms with van der Waals surface area (Å²) in [5.41, 5.74) is 1.43. The number of carboxylic acids is 1. The summed E-state index contributed by atoms with van der Waals surface area (Å²) in [6, 6.07) is 0. The van der Waals surface area contributed by atoms with Gasteiger partial charge in [-0.2, -0.15) is 0 Å². The molecule has 1 unspecified atom stereocenters. The monoisotopic (exact) mass is 316 g/mol. The van der Waals surface area contributed by atoms with Crippen LogP contribution >= 0.6 is 0 Å². The van der Waals surface area contributed by atoms with Crippen LogP contribution in [-0.4, -0.2) is 47.1 Å². The predicted octanol–water partition coefficient (Wildman–Crippen LogP) is 2.06. The molecule has 0 aromatic rings. The van der Waals surface area contributed by atoms with Gasteiger partial charge in [0.1, 0.15) is 0 Å². The normalized spacial score (nSPS) is 12.4. The van der Waals surface area contributed by atoms with Gasteiger partial charge in [0.2, 0.25) is 0 Å². The lowest BCUT2D eigenvalue weighted by molar-refractivity contribution is -0.136. The average molecular weight is 316 g/mol. The first-order chi connectivity index (χ1) is 10.3. The first-order valence-corrected chi connectivity index (χ1v) is 7.25. The fourth-order valence-electron chi connectivity index (χ4n) is 1.68. The standard InChI is InChI=1S/C13H24O4.C3H4O2/c1-4-5-6-7-11(8-12(15)9-14)10(2)13(16)17-3;1-2-3(4)5/h12,14-15H,4-9H2,1-3H3;2H,1H2,(H,4,5). The van der Waals surface area contributed by atoms with Crippen LogP contribution in [-0.2, 0) is 14.3 Å². The highest BCUT2D eigenvalue weighted by molar-refractivity contribution is 5.88. The summed E-state index contributed by atoms with van der Waals surface area (Å²) in [6.07, 6.45) is 4.32. The molecule has 3 N–H and O–H groups in total. The first kappa shape index (κ1) is 22.6. The Balaban J connectivity index is 0. The van der Waals surface area contributed by atoms with E-state index in [1.807, 2.05) is 0 Å². The average Bonchev–Trinajstić information content (AvgIpc) is 2.52. The maximum atomic E-state index is 11.4. The molecule has 0 fully saturated rings. The zero-order valence-electron chi connectivity index (χ0n) is 13.7. The van der Waals surface area contributed by atoms with Crippen molar-refractivity contribution >= 4 is 11.9 Å². The zero-order chi connectivity index (χ0) is 17.5. The first-order valence-electron chi connectivity index (χ1n) is 7.25. The molecule has 6 nitrogen and oxygen atoms in total. The second-order valence-corrected chi connectivity index (χ2v) is 4.76. The van der Waals surface area contributed by atoms with E-state index in [0.29, 0.717) is 12.0 Å². The molecule has 1 atom stereocenters. The van der Waals surface area contributed by atoms with Gasteiger partial charge in [-0.1, -0.05) is 31.9 Å². The molecule has 0 rings (SSSR count). The van der Waals surface area contributed by atoms with Gasteiger partial charge >= 0.3 is 11.9 Å². The molecule has 0 bridgehead atoms. The molecule has 0 aromatic carbocycles. The van der Waals surface area contributed by atoms with Crippen molar-refractivity contribution in [2.24, 2.45) is 0 Å². The number of hydrogen-bond acceptors (Lipinski definition) is 5. The van der Waals surface area contributed by atoms with Crippen molar-refractivity contribution in [1.82, 2.24) is 0 Å². The largest absolute Gasteiger partial charge is 0.478 e. The summed E-state index contributed by atoms with van der Waals surface area (Å²) < 4.78 is 4.67. The van der Waals surface area contributed by atoms with E-state index in [-0.39, 0.29) is 12.6 Å². The van der Waals surface area contributed by atoms with Crippen LogP contribution in [0, 0.1) is 0 Å². The number of rotatable bonds is 9. The molecule has 0 amide bonds. The summed E-state index contributed by atoms with van der Waals surface area (Å²) in [7, 11) is 1.35. The molecule has 0 aliphatic carbocycles. The number of hydrogen-bond donors (Lipinski definition) is 3. The van der Waals surface area contributed by atoms with Gasteiger partial charge in [0.15, 0.2) is 0 Å². The number of aliphatic carboxylic acids is 1. The molecule has 0 aliphatic rings. The van der Waals surface area contributed by atoms with Gasteiger partial charge in [0, 0.05) is 11.6 Å². The van der Waals surface area contributed by atoms with Crippen molar-refractivity contribution in [2.75, 3.05) is 13.7 Å². The van der Waals surface area contributed by atoms with Crippen LogP contribution in [0.4, 0.5) is 0 Å². The van der Waals surface area contributed by atoms with Gasteiger partial charge in [0.05, 0.1) is 19.8 Å². The third-order valence-electron chi connectivity index (χ3n) is 2.97. The third kappa shape index (κ3) is 12.1. The molecule has 22 heavy (non-hydrogen) atoms. The Bertz CT molecular complexity index is 373. The third-order valence-corrected chi connectivity index (χ3v) is 2.97. The van der Waals surface area contributed by atoms with Crippen LogP contribution in [0.5, 0.6) is 0 Å². The van der Waals surface area contributed by atoms with Gasteiger partial charge in [-0.15, -0.1) is 0 Å². The number of methoxy groups -OCH3 is 1. The molecule has 128 valence electrons.